The molecule has 7 nitrogen and oxygen atoms in total. The fraction of sp³-hybridized carbons (Fsp3) is 0.286. The van der Waals surface area contributed by atoms with E-state index in [0.717, 1.165) is 16.7 Å². The second-order valence-corrected chi connectivity index (χ2v) is 6.30. The molecule has 0 saturated heterocycles. The Morgan fingerprint density at radius 2 is 1.89 bits per heavy atom. The van der Waals surface area contributed by atoms with Crippen molar-refractivity contribution in [3.8, 4) is 23.0 Å². The molecule has 1 aromatic heterocycles. The van der Waals surface area contributed by atoms with Crippen LogP contribution in [0.15, 0.2) is 47.0 Å². The van der Waals surface area contributed by atoms with Gasteiger partial charge in [-0.1, -0.05) is 29.4 Å². The van der Waals surface area contributed by atoms with Gasteiger partial charge in [0.2, 0.25) is 5.91 Å². The number of carbonyl (C=O) groups is 1. The third kappa shape index (κ3) is 4.68. The molecule has 0 atom stereocenters. The highest BCUT2D eigenvalue weighted by Gasteiger charge is 2.13. The standard InChI is InChI=1S/C21H23N3O4/c1-14-6-4-5-7-16(14)21-23-19(24-28-21)13-20(25)22-11-10-15-8-9-17(26-2)18(12-15)27-3/h4-9,12H,10-11,13H2,1-3H3,(H,22,25). The van der Waals surface area contributed by atoms with Crippen LogP contribution in [0.4, 0.5) is 0 Å². The number of hydrogen-bond donors (Lipinski definition) is 1. The monoisotopic (exact) mass is 381 g/mol. The van der Waals surface area contributed by atoms with Gasteiger partial charge in [-0.15, -0.1) is 0 Å². The van der Waals surface area contributed by atoms with Gasteiger partial charge in [0.25, 0.3) is 5.89 Å². The molecule has 1 N–H and O–H groups in total. The minimum atomic E-state index is -0.155. The molecule has 28 heavy (non-hydrogen) atoms. The summed E-state index contributed by atoms with van der Waals surface area (Å²) in [7, 11) is 3.19. The number of hydrogen-bond acceptors (Lipinski definition) is 6. The van der Waals surface area contributed by atoms with E-state index in [1.54, 1.807) is 14.2 Å². The van der Waals surface area contributed by atoms with Gasteiger partial charge in [-0.2, -0.15) is 4.98 Å². The first-order chi connectivity index (χ1) is 13.6. The van der Waals surface area contributed by atoms with E-state index in [2.05, 4.69) is 15.5 Å². The zero-order valence-corrected chi connectivity index (χ0v) is 16.2. The summed E-state index contributed by atoms with van der Waals surface area (Å²) in [6.45, 7) is 2.47. The van der Waals surface area contributed by atoms with Crippen LogP contribution in [-0.4, -0.2) is 36.8 Å². The first-order valence-corrected chi connectivity index (χ1v) is 8.97. The summed E-state index contributed by atoms with van der Waals surface area (Å²) in [5.74, 6) is 1.98. The number of nitrogens with one attached hydrogen (secondary N) is 1. The Balaban J connectivity index is 1.52. The molecule has 7 heteroatoms. The zero-order chi connectivity index (χ0) is 19.9. The van der Waals surface area contributed by atoms with Crippen LogP contribution in [0.1, 0.15) is 17.0 Å². The van der Waals surface area contributed by atoms with E-state index in [4.69, 9.17) is 14.0 Å². The molecule has 0 saturated carbocycles. The Kier molecular flexibility index (Phi) is 6.26. The number of carbonyl (C=O) groups excluding carboxylic acids is 1. The first-order valence-electron chi connectivity index (χ1n) is 8.97. The van der Waals surface area contributed by atoms with Gasteiger partial charge in [0, 0.05) is 12.1 Å². The predicted molar refractivity (Wildman–Crippen MR) is 104 cm³/mol. The summed E-state index contributed by atoms with van der Waals surface area (Å²) in [5, 5.41) is 6.78. The fourth-order valence-electron chi connectivity index (χ4n) is 2.84. The maximum absolute atomic E-state index is 12.2. The van der Waals surface area contributed by atoms with Crippen LogP contribution in [0.3, 0.4) is 0 Å². The normalized spacial score (nSPS) is 10.5. The molecule has 0 aliphatic rings. The highest BCUT2D eigenvalue weighted by atomic mass is 16.5. The lowest BCUT2D eigenvalue weighted by molar-refractivity contribution is -0.120. The van der Waals surface area contributed by atoms with Crippen LogP contribution in [-0.2, 0) is 17.6 Å². The SMILES string of the molecule is COc1ccc(CCNC(=O)Cc2noc(-c3ccccc3C)n2)cc1OC. The van der Waals surface area contributed by atoms with Gasteiger partial charge >= 0.3 is 0 Å². The van der Waals surface area contributed by atoms with E-state index >= 15 is 0 Å². The van der Waals surface area contributed by atoms with Gasteiger partial charge in [-0.3, -0.25) is 4.79 Å². The molecule has 0 fully saturated rings. The number of nitrogens with zero attached hydrogens (tertiary/aromatic N) is 2. The molecule has 3 rings (SSSR count). The number of aryl methyl sites for hydroxylation is 1. The van der Waals surface area contributed by atoms with Crippen molar-refractivity contribution >= 4 is 5.91 Å². The van der Waals surface area contributed by atoms with Crippen LogP contribution in [0.25, 0.3) is 11.5 Å². The van der Waals surface area contributed by atoms with E-state index < -0.39 is 0 Å². The molecule has 0 aliphatic carbocycles. The quantitative estimate of drug-likeness (QED) is 0.646. The lowest BCUT2D eigenvalue weighted by Crippen LogP contribution is -2.27. The minimum absolute atomic E-state index is 0.0707. The van der Waals surface area contributed by atoms with E-state index in [-0.39, 0.29) is 12.3 Å². The topological polar surface area (TPSA) is 86.5 Å². The second kappa shape index (κ2) is 9.03. The number of benzene rings is 2. The fourth-order valence-corrected chi connectivity index (χ4v) is 2.84. The maximum Gasteiger partial charge on any atom is 0.258 e. The van der Waals surface area contributed by atoms with Gasteiger partial charge < -0.3 is 19.3 Å². The molecular weight excluding hydrogens is 358 g/mol. The Morgan fingerprint density at radius 3 is 2.64 bits per heavy atom. The van der Waals surface area contributed by atoms with Gasteiger partial charge in [0.1, 0.15) is 0 Å². The molecule has 0 aliphatic heterocycles. The van der Waals surface area contributed by atoms with Crippen LogP contribution in [0.5, 0.6) is 11.5 Å². The Hall–Kier alpha value is -3.35. The summed E-state index contributed by atoms with van der Waals surface area (Å²) in [4.78, 5) is 16.5. The lowest BCUT2D eigenvalue weighted by Gasteiger charge is -2.10. The van der Waals surface area contributed by atoms with Crippen molar-refractivity contribution < 1.29 is 18.8 Å². The summed E-state index contributed by atoms with van der Waals surface area (Å²) in [6.07, 6.45) is 0.744. The van der Waals surface area contributed by atoms with Crippen molar-refractivity contribution in [2.75, 3.05) is 20.8 Å². The average molecular weight is 381 g/mol. The average Bonchev–Trinajstić information content (AvgIpc) is 3.16. The van der Waals surface area contributed by atoms with Crippen LogP contribution < -0.4 is 14.8 Å². The van der Waals surface area contributed by atoms with Gasteiger partial charge in [0.05, 0.1) is 20.6 Å². The first kappa shape index (κ1) is 19.4. The number of ether oxygens (including phenoxy) is 2. The molecule has 1 heterocycles. The third-order valence-corrected chi connectivity index (χ3v) is 4.35. The van der Waals surface area contributed by atoms with E-state index in [1.807, 2.05) is 49.4 Å². The van der Waals surface area contributed by atoms with Crippen molar-refractivity contribution in [2.45, 2.75) is 19.8 Å². The Labute approximate surface area is 163 Å². The number of aromatic nitrogens is 2. The maximum atomic E-state index is 12.2. The molecular formula is C21H23N3O4. The van der Waals surface area contributed by atoms with E-state index in [1.165, 1.54) is 0 Å². The summed E-state index contributed by atoms with van der Waals surface area (Å²) >= 11 is 0. The summed E-state index contributed by atoms with van der Waals surface area (Å²) in [5.41, 5.74) is 2.95. The van der Waals surface area contributed by atoms with Crippen LogP contribution >= 0.6 is 0 Å². The Bertz CT molecular complexity index is 952. The molecule has 2 aromatic carbocycles. The van der Waals surface area contributed by atoms with Gasteiger partial charge in [0.15, 0.2) is 17.3 Å². The zero-order valence-electron chi connectivity index (χ0n) is 16.2. The van der Waals surface area contributed by atoms with Crippen molar-refractivity contribution in [3.63, 3.8) is 0 Å². The van der Waals surface area contributed by atoms with Gasteiger partial charge in [-0.05, 0) is 42.7 Å². The largest absolute Gasteiger partial charge is 0.493 e. The number of methoxy groups -OCH3 is 2. The predicted octanol–water partition coefficient (Wildman–Crippen LogP) is 2.96. The highest BCUT2D eigenvalue weighted by Crippen LogP contribution is 2.27. The molecule has 0 radical (unpaired) electrons. The van der Waals surface area contributed by atoms with E-state index in [9.17, 15) is 4.79 Å². The second-order valence-electron chi connectivity index (χ2n) is 6.30. The summed E-state index contributed by atoms with van der Waals surface area (Å²) in [6, 6.07) is 13.4. The van der Waals surface area contributed by atoms with Crippen molar-refractivity contribution in [2.24, 2.45) is 0 Å². The highest BCUT2D eigenvalue weighted by molar-refractivity contribution is 5.77. The van der Waals surface area contributed by atoms with Crippen LogP contribution in [0, 0.1) is 6.92 Å². The molecule has 3 aromatic rings. The van der Waals surface area contributed by atoms with E-state index in [0.29, 0.717) is 36.2 Å². The molecule has 0 unspecified atom stereocenters. The molecule has 0 bridgehead atoms. The lowest BCUT2D eigenvalue weighted by atomic mass is 10.1. The van der Waals surface area contributed by atoms with Crippen molar-refractivity contribution in [1.82, 2.24) is 15.5 Å². The van der Waals surface area contributed by atoms with Crippen molar-refractivity contribution in [3.05, 3.63) is 59.4 Å². The number of rotatable bonds is 8. The molecule has 0 spiro atoms. The van der Waals surface area contributed by atoms with Crippen LogP contribution in [0.2, 0.25) is 0 Å². The van der Waals surface area contributed by atoms with Crippen molar-refractivity contribution in [1.29, 1.82) is 0 Å². The summed E-state index contributed by atoms with van der Waals surface area (Å²) < 4.78 is 15.8. The van der Waals surface area contributed by atoms with Gasteiger partial charge in [-0.25, -0.2) is 0 Å². The number of amides is 1. The minimum Gasteiger partial charge on any atom is -0.493 e. The third-order valence-electron chi connectivity index (χ3n) is 4.35. The molecule has 1 amide bonds. The molecule has 146 valence electrons. The smallest absolute Gasteiger partial charge is 0.258 e. The Morgan fingerprint density at radius 1 is 1.11 bits per heavy atom.